The minimum atomic E-state index is -3.26. The lowest BCUT2D eigenvalue weighted by atomic mass is 10.1. The van der Waals surface area contributed by atoms with E-state index >= 15 is 0 Å². The summed E-state index contributed by atoms with van der Waals surface area (Å²) in [7, 11) is -3.26. The molecule has 1 aromatic carbocycles. The summed E-state index contributed by atoms with van der Waals surface area (Å²) >= 11 is 0. The van der Waals surface area contributed by atoms with E-state index in [4.69, 9.17) is 4.74 Å². The molecular formula is C21H31N3O5S. The Labute approximate surface area is 178 Å². The molecule has 30 heavy (non-hydrogen) atoms. The first kappa shape index (κ1) is 22.7. The maximum Gasteiger partial charge on any atom is 0.227 e. The molecule has 2 unspecified atom stereocenters. The predicted octanol–water partition coefficient (Wildman–Crippen LogP) is 0.461. The highest BCUT2D eigenvalue weighted by Gasteiger charge is 2.32. The summed E-state index contributed by atoms with van der Waals surface area (Å²) in [4.78, 5) is 28.6. The first-order valence-corrected chi connectivity index (χ1v) is 12.3. The zero-order valence-electron chi connectivity index (χ0n) is 17.7. The molecule has 2 heterocycles. The second-order valence-electron chi connectivity index (χ2n) is 8.13. The Balaban J connectivity index is 1.62. The third kappa shape index (κ3) is 6.02. The van der Waals surface area contributed by atoms with Crippen LogP contribution in [0.1, 0.15) is 25.3 Å². The molecule has 0 aliphatic carbocycles. The van der Waals surface area contributed by atoms with Gasteiger partial charge in [-0.15, -0.1) is 0 Å². The number of carbonyl (C=O) groups is 2. The number of sulfone groups is 1. The zero-order chi connectivity index (χ0) is 21.7. The summed E-state index contributed by atoms with van der Waals surface area (Å²) < 4.78 is 29.1. The first-order valence-electron chi connectivity index (χ1n) is 10.4. The van der Waals surface area contributed by atoms with E-state index in [1.807, 2.05) is 0 Å². The Hall–Kier alpha value is -1.97. The molecule has 2 atom stereocenters. The Kier molecular flexibility index (Phi) is 7.49. The normalized spacial score (nSPS) is 22.3. The number of rotatable bonds is 7. The van der Waals surface area contributed by atoms with Gasteiger partial charge >= 0.3 is 0 Å². The van der Waals surface area contributed by atoms with Crippen molar-refractivity contribution in [2.45, 2.75) is 43.2 Å². The average Bonchev–Trinajstić information content (AvgIpc) is 3.21. The van der Waals surface area contributed by atoms with E-state index in [9.17, 15) is 18.0 Å². The van der Waals surface area contributed by atoms with Crippen LogP contribution in [0.3, 0.4) is 0 Å². The van der Waals surface area contributed by atoms with Gasteiger partial charge in [-0.1, -0.05) is 12.1 Å². The maximum atomic E-state index is 13.0. The molecule has 9 heteroatoms. The number of hydrogen-bond acceptors (Lipinski definition) is 6. The number of nitrogens with zero attached hydrogens (tertiary/aromatic N) is 2. The van der Waals surface area contributed by atoms with Crippen LogP contribution in [0.2, 0.25) is 0 Å². The van der Waals surface area contributed by atoms with Crippen LogP contribution in [0.5, 0.6) is 0 Å². The molecule has 2 aliphatic rings. The SMILES string of the molecule is CC(=O)N1CCN(C(=O)Cc2ccc(S(C)(=O)=O)cc2)C(COCC2CCCN2)C1. The monoisotopic (exact) mass is 437 g/mol. The van der Waals surface area contributed by atoms with E-state index in [0.29, 0.717) is 38.9 Å². The van der Waals surface area contributed by atoms with Crippen molar-refractivity contribution in [1.29, 1.82) is 0 Å². The molecule has 2 fully saturated rings. The van der Waals surface area contributed by atoms with Crippen LogP contribution in [0, 0.1) is 0 Å². The summed E-state index contributed by atoms with van der Waals surface area (Å²) in [6.45, 7) is 4.99. The minimum absolute atomic E-state index is 0.000854. The third-order valence-electron chi connectivity index (χ3n) is 5.75. The molecule has 0 aromatic heterocycles. The van der Waals surface area contributed by atoms with Gasteiger partial charge < -0.3 is 19.9 Å². The zero-order valence-corrected chi connectivity index (χ0v) is 18.5. The Morgan fingerprint density at radius 1 is 1.17 bits per heavy atom. The molecule has 166 valence electrons. The van der Waals surface area contributed by atoms with Gasteiger partial charge in [-0.05, 0) is 37.1 Å². The van der Waals surface area contributed by atoms with Gasteiger partial charge in [0.1, 0.15) is 0 Å². The lowest BCUT2D eigenvalue weighted by Gasteiger charge is -2.41. The summed E-state index contributed by atoms with van der Waals surface area (Å²) in [6.07, 6.45) is 3.59. The highest BCUT2D eigenvalue weighted by Crippen LogP contribution is 2.16. The van der Waals surface area contributed by atoms with Crippen LogP contribution in [0.4, 0.5) is 0 Å². The summed E-state index contributed by atoms with van der Waals surface area (Å²) in [5, 5.41) is 3.39. The summed E-state index contributed by atoms with van der Waals surface area (Å²) in [5.74, 6) is -0.0428. The lowest BCUT2D eigenvalue weighted by molar-refractivity contribution is -0.143. The molecule has 0 radical (unpaired) electrons. The standard InChI is InChI=1S/C21H31N3O5S/c1-16(25)23-10-11-24(19(13-23)15-29-14-18-4-3-9-22-18)21(26)12-17-5-7-20(8-6-17)30(2,27)28/h5-8,18-19,22H,3-4,9-15H2,1-2H3. The van der Waals surface area contributed by atoms with Crippen molar-refractivity contribution in [2.24, 2.45) is 0 Å². The molecule has 2 saturated heterocycles. The van der Waals surface area contributed by atoms with Crippen molar-refractivity contribution in [3.05, 3.63) is 29.8 Å². The van der Waals surface area contributed by atoms with Crippen molar-refractivity contribution in [3.63, 3.8) is 0 Å². The second kappa shape index (κ2) is 9.89. The van der Waals surface area contributed by atoms with Crippen molar-refractivity contribution >= 4 is 21.7 Å². The summed E-state index contributed by atoms with van der Waals surface area (Å²) in [6, 6.07) is 6.58. The lowest BCUT2D eigenvalue weighted by Crippen LogP contribution is -2.58. The molecule has 1 aromatic rings. The molecule has 1 N–H and O–H groups in total. The summed E-state index contributed by atoms with van der Waals surface area (Å²) in [5.41, 5.74) is 0.760. The Morgan fingerprint density at radius 2 is 1.90 bits per heavy atom. The molecule has 3 rings (SSSR count). The van der Waals surface area contributed by atoms with Crippen LogP contribution in [-0.4, -0.2) is 87.8 Å². The molecule has 0 spiro atoms. The predicted molar refractivity (Wildman–Crippen MR) is 113 cm³/mol. The van der Waals surface area contributed by atoms with Crippen LogP contribution in [0.25, 0.3) is 0 Å². The van der Waals surface area contributed by atoms with Crippen LogP contribution < -0.4 is 5.32 Å². The Bertz CT molecular complexity index is 850. The highest BCUT2D eigenvalue weighted by molar-refractivity contribution is 7.90. The van der Waals surface area contributed by atoms with E-state index in [2.05, 4.69) is 5.32 Å². The molecule has 0 bridgehead atoms. The van der Waals surface area contributed by atoms with Crippen LogP contribution in [0.15, 0.2) is 29.2 Å². The van der Waals surface area contributed by atoms with Gasteiger partial charge in [-0.2, -0.15) is 0 Å². The van der Waals surface area contributed by atoms with Crippen molar-refractivity contribution in [1.82, 2.24) is 15.1 Å². The smallest absolute Gasteiger partial charge is 0.227 e. The van der Waals surface area contributed by atoms with E-state index in [-0.39, 0.29) is 29.2 Å². The molecule has 2 aliphatic heterocycles. The van der Waals surface area contributed by atoms with Gasteiger partial charge in [-0.25, -0.2) is 8.42 Å². The topological polar surface area (TPSA) is 96.0 Å². The van der Waals surface area contributed by atoms with Gasteiger partial charge in [0, 0.05) is 38.9 Å². The van der Waals surface area contributed by atoms with E-state index < -0.39 is 9.84 Å². The van der Waals surface area contributed by atoms with Crippen molar-refractivity contribution < 1.29 is 22.7 Å². The number of hydrogen-bond donors (Lipinski definition) is 1. The molecular weight excluding hydrogens is 406 g/mol. The van der Waals surface area contributed by atoms with Crippen molar-refractivity contribution in [2.75, 3.05) is 45.6 Å². The van der Waals surface area contributed by atoms with Crippen molar-refractivity contribution in [3.8, 4) is 0 Å². The van der Waals surface area contributed by atoms with E-state index in [1.165, 1.54) is 12.1 Å². The van der Waals surface area contributed by atoms with Crippen LogP contribution in [-0.2, 0) is 30.6 Å². The molecule has 8 nitrogen and oxygen atoms in total. The van der Waals surface area contributed by atoms with Gasteiger partial charge in [0.2, 0.25) is 11.8 Å². The average molecular weight is 438 g/mol. The first-order chi connectivity index (χ1) is 14.2. The number of amides is 2. The van der Waals surface area contributed by atoms with E-state index in [1.54, 1.807) is 28.9 Å². The quantitative estimate of drug-likeness (QED) is 0.666. The number of benzene rings is 1. The van der Waals surface area contributed by atoms with Gasteiger partial charge in [-0.3, -0.25) is 9.59 Å². The largest absolute Gasteiger partial charge is 0.378 e. The molecule has 2 amide bonds. The maximum absolute atomic E-state index is 13.0. The number of piperazine rings is 1. The minimum Gasteiger partial charge on any atom is -0.378 e. The Morgan fingerprint density at radius 3 is 2.50 bits per heavy atom. The van der Waals surface area contributed by atoms with Gasteiger partial charge in [0.15, 0.2) is 9.84 Å². The number of nitrogens with one attached hydrogen (secondary N) is 1. The van der Waals surface area contributed by atoms with Crippen LogP contribution >= 0.6 is 0 Å². The molecule has 0 saturated carbocycles. The van der Waals surface area contributed by atoms with Gasteiger partial charge in [0.05, 0.1) is 30.6 Å². The number of carbonyl (C=O) groups excluding carboxylic acids is 2. The van der Waals surface area contributed by atoms with Gasteiger partial charge in [0.25, 0.3) is 0 Å². The van der Waals surface area contributed by atoms with E-state index in [0.717, 1.165) is 31.2 Å². The number of ether oxygens (including phenoxy) is 1. The fraction of sp³-hybridized carbons (Fsp3) is 0.619. The third-order valence-corrected chi connectivity index (χ3v) is 6.88. The highest BCUT2D eigenvalue weighted by atomic mass is 32.2. The second-order valence-corrected chi connectivity index (χ2v) is 10.1. The fourth-order valence-corrected chi connectivity index (χ4v) is 4.62. The fourth-order valence-electron chi connectivity index (χ4n) is 3.99.